The molecule has 19 heavy (non-hydrogen) atoms. The van der Waals surface area contributed by atoms with Crippen molar-refractivity contribution in [1.29, 1.82) is 0 Å². The lowest BCUT2D eigenvalue weighted by Gasteiger charge is -2.23. The van der Waals surface area contributed by atoms with Crippen molar-refractivity contribution in [3.05, 3.63) is 17.9 Å². The minimum absolute atomic E-state index is 0.198. The van der Waals surface area contributed by atoms with Gasteiger partial charge in [-0.05, 0) is 20.8 Å². The van der Waals surface area contributed by atoms with E-state index >= 15 is 0 Å². The van der Waals surface area contributed by atoms with Crippen LogP contribution >= 0.6 is 0 Å². The van der Waals surface area contributed by atoms with Gasteiger partial charge in [-0.2, -0.15) is 0 Å². The normalized spacial score (nSPS) is 13.9. The molecule has 0 spiro atoms. The van der Waals surface area contributed by atoms with Gasteiger partial charge in [-0.25, -0.2) is 9.18 Å². The number of benzene rings is 1. The van der Waals surface area contributed by atoms with Crippen LogP contribution in [-0.4, -0.2) is 24.9 Å². The first-order valence-corrected chi connectivity index (χ1v) is 5.94. The fourth-order valence-corrected chi connectivity index (χ4v) is 1.63. The number of anilines is 1. The smallest absolute Gasteiger partial charge is 0.412 e. The van der Waals surface area contributed by atoms with Gasteiger partial charge in [0.1, 0.15) is 24.6 Å². The van der Waals surface area contributed by atoms with Gasteiger partial charge in [0.05, 0.1) is 5.69 Å². The molecule has 0 bridgehead atoms. The quantitative estimate of drug-likeness (QED) is 0.851. The van der Waals surface area contributed by atoms with E-state index in [-0.39, 0.29) is 11.4 Å². The van der Waals surface area contributed by atoms with Crippen LogP contribution in [0.5, 0.6) is 11.5 Å². The first-order chi connectivity index (χ1) is 8.85. The highest BCUT2D eigenvalue weighted by atomic mass is 19.1. The van der Waals surface area contributed by atoms with Crippen LogP contribution < -0.4 is 14.8 Å². The van der Waals surface area contributed by atoms with Gasteiger partial charge >= 0.3 is 6.09 Å². The van der Waals surface area contributed by atoms with Gasteiger partial charge in [0, 0.05) is 12.1 Å². The molecule has 2 rings (SSSR count). The maximum absolute atomic E-state index is 13.4. The zero-order valence-corrected chi connectivity index (χ0v) is 11.1. The van der Waals surface area contributed by atoms with Crippen LogP contribution in [0.3, 0.4) is 0 Å². The molecular formula is C13H16FNO4. The third kappa shape index (κ3) is 3.49. The van der Waals surface area contributed by atoms with Gasteiger partial charge in [0.2, 0.25) is 0 Å². The van der Waals surface area contributed by atoms with Crippen molar-refractivity contribution in [3.8, 4) is 11.5 Å². The van der Waals surface area contributed by atoms with Crippen LogP contribution in [0.4, 0.5) is 14.9 Å². The molecule has 1 aromatic rings. The summed E-state index contributed by atoms with van der Waals surface area (Å²) in [6.07, 6.45) is -0.672. The zero-order chi connectivity index (χ0) is 14.0. The Morgan fingerprint density at radius 3 is 2.68 bits per heavy atom. The molecule has 1 aliphatic heterocycles. The Bertz CT molecular complexity index is 496. The molecule has 0 aliphatic carbocycles. The highest BCUT2D eigenvalue weighted by molar-refractivity contribution is 5.88. The largest absolute Gasteiger partial charge is 0.486 e. The molecule has 1 amide bonds. The molecule has 0 radical (unpaired) electrons. The topological polar surface area (TPSA) is 56.8 Å². The Hall–Kier alpha value is -1.98. The van der Waals surface area contributed by atoms with Crippen molar-refractivity contribution in [2.24, 2.45) is 0 Å². The van der Waals surface area contributed by atoms with E-state index in [1.165, 1.54) is 6.07 Å². The predicted octanol–water partition coefficient (Wildman–Crippen LogP) is 2.94. The highest BCUT2D eigenvalue weighted by Crippen LogP contribution is 2.38. The van der Waals surface area contributed by atoms with Crippen LogP contribution in [0, 0.1) is 5.82 Å². The van der Waals surface area contributed by atoms with Crippen molar-refractivity contribution >= 4 is 11.8 Å². The summed E-state index contributed by atoms with van der Waals surface area (Å²) in [6, 6.07) is 2.38. The maximum Gasteiger partial charge on any atom is 0.412 e. The van der Waals surface area contributed by atoms with Crippen LogP contribution in [0.2, 0.25) is 0 Å². The van der Waals surface area contributed by atoms with E-state index in [2.05, 4.69) is 5.32 Å². The molecule has 0 unspecified atom stereocenters. The van der Waals surface area contributed by atoms with Crippen LogP contribution in [0.15, 0.2) is 12.1 Å². The van der Waals surface area contributed by atoms with Crippen LogP contribution in [-0.2, 0) is 4.74 Å². The second kappa shape index (κ2) is 4.95. The lowest BCUT2D eigenvalue weighted by Crippen LogP contribution is -2.27. The summed E-state index contributed by atoms with van der Waals surface area (Å²) >= 11 is 0. The van der Waals surface area contributed by atoms with Crippen molar-refractivity contribution < 1.29 is 23.4 Å². The zero-order valence-electron chi connectivity index (χ0n) is 11.1. The molecular weight excluding hydrogens is 253 g/mol. The van der Waals surface area contributed by atoms with Crippen LogP contribution in [0.25, 0.3) is 0 Å². The lowest BCUT2D eigenvalue weighted by molar-refractivity contribution is 0.0634. The average molecular weight is 269 g/mol. The Labute approximate surface area is 110 Å². The minimum atomic E-state index is -0.672. The second-order valence-electron chi connectivity index (χ2n) is 5.10. The summed E-state index contributed by atoms with van der Waals surface area (Å²) < 4.78 is 29.2. The summed E-state index contributed by atoms with van der Waals surface area (Å²) in [5, 5.41) is 2.46. The Morgan fingerprint density at radius 1 is 1.32 bits per heavy atom. The molecule has 1 aromatic carbocycles. The van der Waals surface area contributed by atoms with E-state index in [0.717, 1.165) is 6.07 Å². The molecule has 0 aromatic heterocycles. The van der Waals surface area contributed by atoms with E-state index in [9.17, 15) is 9.18 Å². The summed E-state index contributed by atoms with van der Waals surface area (Å²) in [5.74, 6) is 0.0751. The SMILES string of the molecule is CC(C)(C)OC(=O)Nc1cc(F)cc2c1OCCO2. The number of hydrogen-bond acceptors (Lipinski definition) is 4. The van der Waals surface area contributed by atoms with Crippen LogP contribution in [0.1, 0.15) is 20.8 Å². The molecule has 5 nitrogen and oxygen atoms in total. The molecule has 6 heteroatoms. The summed E-state index contributed by atoms with van der Waals surface area (Å²) in [5.41, 5.74) is -0.432. The van der Waals surface area contributed by atoms with Gasteiger partial charge in [-0.1, -0.05) is 0 Å². The third-order valence-electron chi connectivity index (χ3n) is 2.24. The fourth-order valence-electron chi connectivity index (χ4n) is 1.63. The fraction of sp³-hybridized carbons (Fsp3) is 0.462. The lowest BCUT2D eigenvalue weighted by atomic mass is 10.2. The number of carbonyl (C=O) groups excluding carboxylic acids is 1. The van der Waals surface area contributed by atoms with Gasteiger partial charge in [-0.3, -0.25) is 5.32 Å². The monoisotopic (exact) mass is 269 g/mol. The van der Waals surface area contributed by atoms with E-state index < -0.39 is 17.5 Å². The third-order valence-corrected chi connectivity index (χ3v) is 2.24. The second-order valence-corrected chi connectivity index (χ2v) is 5.10. The Kier molecular flexibility index (Phi) is 3.50. The number of carbonyl (C=O) groups is 1. The predicted molar refractivity (Wildman–Crippen MR) is 67.2 cm³/mol. The summed E-state index contributed by atoms with van der Waals surface area (Å²) in [6.45, 7) is 5.93. The maximum atomic E-state index is 13.4. The number of fused-ring (bicyclic) bond motifs is 1. The molecule has 0 saturated carbocycles. The van der Waals surface area contributed by atoms with Gasteiger partial charge in [-0.15, -0.1) is 0 Å². The number of amides is 1. The molecule has 104 valence electrons. The van der Waals surface area contributed by atoms with E-state index in [0.29, 0.717) is 19.0 Å². The van der Waals surface area contributed by atoms with E-state index in [1.54, 1.807) is 20.8 Å². The molecule has 0 atom stereocenters. The standard InChI is InChI=1S/C13H16FNO4/c1-13(2,3)19-12(16)15-9-6-8(14)7-10-11(9)18-5-4-17-10/h6-7H,4-5H2,1-3H3,(H,15,16). The molecule has 1 N–H and O–H groups in total. The number of rotatable bonds is 1. The molecule has 1 heterocycles. The number of nitrogens with one attached hydrogen (secondary N) is 1. The summed E-state index contributed by atoms with van der Waals surface area (Å²) in [4.78, 5) is 11.7. The van der Waals surface area contributed by atoms with Crippen molar-refractivity contribution in [2.45, 2.75) is 26.4 Å². The van der Waals surface area contributed by atoms with Crippen molar-refractivity contribution in [1.82, 2.24) is 0 Å². The van der Waals surface area contributed by atoms with E-state index in [1.807, 2.05) is 0 Å². The van der Waals surface area contributed by atoms with Crippen molar-refractivity contribution in [3.63, 3.8) is 0 Å². The average Bonchev–Trinajstić information content (AvgIpc) is 2.25. The number of ether oxygens (including phenoxy) is 3. The number of hydrogen-bond donors (Lipinski definition) is 1. The minimum Gasteiger partial charge on any atom is -0.486 e. The molecule has 0 fully saturated rings. The molecule has 0 saturated heterocycles. The first kappa shape index (κ1) is 13.5. The Morgan fingerprint density at radius 2 is 2.00 bits per heavy atom. The van der Waals surface area contributed by atoms with Gasteiger partial charge < -0.3 is 14.2 Å². The van der Waals surface area contributed by atoms with Crippen molar-refractivity contribution in [2.75, 3.05) is 18.5 Å². The highest BCUT2D eigenvalue weighted by Gasteiger charge is 2.22. The molecule has 1 aliphatic rings. The van der Waals surface area contributed by atoms with Gasteiger partial charge in [0.15, 0.2) is 11.5 Å². The van der Waals surface area contributed by atoms with Gasteiger partial charge in [0.25, 0.3) is 0 Å². The summed E-state index contributed by atoms with van der Waals surface area (Å²) in [7, 11) is 0. The van der Waals surface area contributed by atoms with E-state index in [4.69, 9.17) is 14.2 Å². The number of halogens is 1. The first-order valence-electron chi connectivity index (χ1n) is 5.94. The Balaban J connectivity index is 2.20.